The summed E-state index contributed by atoms with van der Waals surface area (Å²) in [5.74, 6) is 0.294. The van der Waals surface area contributed by atoms with Crippen molar-refractivity contribution < 1.29 is 18.0 Å². The van der Waals surface area contributed by atoms with Crippen molar-refractivity contribution in [1.82, 2.24) is 14.7 Å². The molecule has 29 heavy (non-hydrogen) atoms. The molecule has 0 aliphatic heterocycles. The number of nitrogens with two attached hydrogens (primary N) is 1. The van der Waals surface area contributed by atoms with Gasteiger partial charge < -0.3 is 16.4 Å². The first kappa shape index (κ1) is 20.7. The number of rotatable bonds is 5. The largest absolute Gasteiger partial charge is 0.434 e. The van der Waals surface area contributed by atoms with Crippen LogP contribution in [0.5, 0.6) is 0 Å². The van der Waals surface area contributed by atoms with Gasteiger partial charge in [-0.05, 0) is 37.8 Å². The highest BCUT2D eigenvalue weighted by Gasteiger charge is 2.34. The molecule has 2 aromatic rings. The van der Waals surface area contributed by atoms with E-state index >= 15 is 0 Å². The summed E-state index contributed by atoms with van der Waals surface area (Å²) in [4.78, 5) is 19.6. The summed E-state index contributed by atoms with van der Waals surface area (Å²) in [7, 11) is 1.56. The fraction of sp³-hybridized carbons (Fsp3) is 0.421. The van der Waals surface area contributed by atoms with Gasteiger partial charge in [0.05, 0.1) is 5.57 Å². The molecule has 1 aliphatic carbocycles. The standard InChI is InChI=1S/C19H23F3N6O/c1-24-10-12(9-23)18(29)26-14-7-5-13(6-8-14)25-16-3-2-4-17-27-15(11-28(16)17)19(20,21)22/h2-4,9-11,13-14,25H,5-8,23H2,1H3,(H,26,29)/b12-9+,24-10?. The van der Waals surface area contributed by atoms with Crippen LogP contribution in [0.1, 0.15) is 31.4 Å². The van der Waals surface area contributed by atoms with Crippen LogP contribution in [0.2, 0.25) is 0 Å². The molecular weight excluding hydrogens is 385 g/mol. The lowest BCUT2D eigenvalue weighted by Gasteiger charge is -2.30. The van der Waals surface area contributed by atoms with Gasteiger partial charge in [-0.2, -0.15) is 13.2 Å². The van der Waals surface area contributed by atoms with Crippen LogP contribution in [0.15, 0.2) is 41.2 Å². The van der Waals surface area contributed by atoms with Crippen LogP contribution in [0, 0.1) is 0 Å². The number of hydrogen-bond acceptors (Lipinski definition) is 5. The number of hydrogen-bond donors (Lipinski definition) is 3. The molecule has 10 heteroatoms. The summed E-state index contributed by atoms with van der Waals surface area (Å²) < 4.78 is 40.2. The molecule has 2 aromatic heterocycles. The van der Waals surface area contributed by atoms with Gasteiger partial charge in [0.25, 0.3) is 5.91 Å². The number of nitrogens with one attached hydrogen (secondary N) is 2. The van der Waals surface area contributed by atoms with Gasteiger partial charge in [-0.15, -0.1) is 0 Å². The predicted octanol–water partition coefficient (Wildman–Crippen LogP) is 2.74. The first-order valence-corrected chi connectivity index (χ1v) is 9.28. The Bertz CT molecular complexity index is 926. The summed E-state index contributed by atoms with van der Waals surface area (Å²) >= 11 is 0. The Morgan fingerprint density at radius 1 is 1.28 bits per heavy atom. The van der Waals surface area contributed by atoms with Crippen molar-refractivity contribution in [3.8, 4) is 0 Å². The van der Waals surface area contributed by atoms with E-state index in [0.717, 1.165) is 31.9 Å². The zero-order chi connectivity index (χ0) is 21.0. The van der Waals surface area contributed by atoms with Gasteiger partial charge in [0.2, 0.25) is 0 Å². The normalized spacial score (nSPS) is 20.9. The van der Waals surface area contributed by atoms with Crippen LogP contribution in [-0.4, -0.2) is 40.6 Å². The van der Waals surface area contributed by atoms with Crippen molar-refractivity contribution in [1.29, 1.82) is 0 Å². The molecule has 3 rings (SSSR count). The molecule has 0 atom stereocenters. The van der Waals surface area contributed by atoms with Gasteiger partial charge in [-0.25, -0.2) is 4.98 Å². The Hall–Kier alpha value is -3.04. The molecule has 1 saturated carbocycles. The molecule has 2 heterocycles. The van der Waals surface area contributed by atoms with Crippen LogP contribution < -0.4 is 16.4 Å². The monoisotopic (exact) mass is 408 g/mol. The number of anilines is 1. The van der Waals surface area contributed by atoms with Gasteiger partial charge in [-0.3, -0.25) is 14.2 Å². The van der Waals surface area contributed by atoms with Gasteiger partial charge in [0, 0.05) is 37.7 Å². The topological polar surface area (TPSA) is 96.8 Å². The van der Waals surface area contributed by atoms with E-state index in [4.69, 9.17) is 5.73 Å². The SMILES string of the molecule is CN=C/C(=C\N)C(=O)NC1CCC(Nc2cccc3nc(C(F)(F)F)cn23)CC1. The predicted molar refractivity (Wildman–Crippen MR) is 105 cm³/mol. The Morgan fingerprint density at radius 2 is 1.97 bits per heavy atom. The molecule has 0 bridgehead atoms. The molecule has 1 aliphatic rings. The number of aromatic nitrogens is 2. The molecule has 0 saturated heterocycles. The second-order valence-electron chi connectivity index (χ2n) is 6.94. The second-order valence-corrected chi connectivity index (χ2v) is 6.94. The zero-order valence-corrected chi connectivity index (χ0v) is 15.9. The lowest BCUT2D eigenvalue weighted by molar-refractivity contribution is -0.140. The van der Waals surface area contributed by atoms with Crippen LogP contribution >= 0.6 is 0 Å². The van der Waals surface area contributed by atoms with Crippen molar-refractivity contribution in [2.45, 2.75) is 43.9 Å². The van der Waals surface area contributed by atoms with Gasteiger partial charge in [0.15, 0.2) is 5.69 Å². The summed E-state index contributed by atoms with van der Waals surface area (Å²) in [5, 5.41) is 6.25. The molecule has 0 unspecified atom stereocenters. The summed E-state index contributed by atoms with van der Waals surface area (Å²) in [5.41, 5.74) is 5.07. The number of pyridine rings is 1. The summed E-state index contributed by atoms with van der Waals surface area (Å²) in [6, 6.07) is 5.04. The molecule has 1 amide bonds. The van der Waals surface area contributed by atoms with Crippen LogP contribution in [0.25, 0.3) is 5.65 Å². The number of aliphatic imine (C=N–C) groups is 1. The Morgan fingerprint density at radius 3 is 2.59 bits per heavy atom. The number of carbonyl (C=O) groups excluding carboxylic acids is 1. The quantitative estimate of drug-likeness (QED) is 0.524. The first-order chi connectivity index (χ1) is 13.8. The minimum Gasteiger partial charge on any atom is -0.404 e. The third-order valence-electron chi connectivity index (χ3n) is 4.91. The number of carbonyl (C=O) groups is 1. The van der Waals surface area contributed by atoms with Crippen molar-refractivity contribution in [3.63, 3.8) is 0 Å². The maximum Gasteiger partial charge on any atom is 0.434 e. The number of amides is 1. The zero-order valence-electron chi connectivity index (χ0n) is 15.9. The van der Waals surface area contributed by atoms with E-state index in [1.807, 2.05) is 0 Å². The minimum atomic E-state index is -4.49. The summed E-state index contributed by atoms with van der Waals surface area (Å²) in [6.45, 7) is 0. The second kappa shape index (κ2) is 8.54. The molecule has 0 spiro atoms. The van der Waals surface area contributed by atoms with E-state index in [1.165, 1.54) is 22.9 Å². The Labute approximate surface area is 165 Å². The average molecular weight is 408 g/mol. The van der Waals surface area contributed by atoms with E-state index in [9.17, 15) is 18.0 Å². The fourth-order valence-corrected chi connectivity index (χ4v) is 3.44. The first-order valence-electron chi connectivity index (χ1n) is 9.28. The van der Waals surface area contributed by atoms with E-state index in [1.54, 1.807) is 19.2 Å². The smallest absolute Gasteiger partial charge is 0.404 e. The van der Waals surface area contributed by atoms with Gasteiger partial charge >= 0.3 is 6.18 Å². The van der Waals surface area contributed by atoms with E-state index < -0.39 is 11.9 Å². The van der Waals surface area contributed by atoms with Crippen LogP contribution in [0.4, 0.5) is 19.0 Å². The molecule has 4 N–H and O–H groups in total. The van der Waals surface area contributed by atoms with Crippen LogP contribution in [-0.2, 0) is 11.0 Å². The highest BCUT2D eigenvalue weighted by Crippen LogP contribution is 2.30. The molecule has 156 valence electrons. The highest BCUT2D eigenvalue weighted by molar-refractivity contribution is 6.12. The Balaban J connectivity index is 1.61. The third kappa shape index (κ3) is 4.87. The van der Waals surface area contributed by atoms with Crippen molar-refractivity contribution in [2.75, 3.05) is 12.4 Å². The van der Waals surface area contributed by atoms with E-state index in [2.05, 4.69) is 20.6 Å². The number of nitrogens with zero attached hydrogens (tertiary/aromatic N) is 3. The lowest BCUT2D eigenvalue weighted by atomic mass is 9.91. The molecule has 1 fully saturated rings. The minimum absolute atomic E-state index is 0.0154. The number of imidazole rings is 1. The van der Waals surface area contributed by atoms with Gasteiger partial charge in [0.1, 0.15) is 11.5 Å². The maximum atomic E-state index is 12.9. The lowest BCUT2D eigenvalue weighted by Crippen LogP contribution is -2.41. The van der Waals surface area contributed by atoms with Crippen molar-refractivity contribution in [3.05, 3.63) is 41.9 Å². The number of fused-ring (bicyclic) bond motifs is 1. The number of alkyl halides is 3. The fourth-order valence-electron chi connectivity index (χ4n) is 3.44. The molecule has 7 nitrogen and oxygen atoms in total. The van der Waals surface area contributed by atoms with Gasteiger partial charge in [-0.1, -0.05) is 6.07 Å². The third-order valence-corrected chi connectivity index (χ3v) is 4.91. The van der Waals surface area contributed by atoms with Crippen molar-refractivity contribution >= 4 is 23.6 Å². The molecular formula is C19H23F3N6O. The van der Waals surface area contributed by atoms with E-state index in [0.29, 0.717) is 11.4 Å². The highest BCUT2D eigenvalue weighted by atomic mass is 19.4. The van der Waals surface area contributed by atoms with Crippen LogP contribution in [0.3, 0.4) is 0 Å². The van der Waals surface area contributed by atoms with E-state index in [-0.39, 0.29) is 23.6 Å². The Kier molecular flexibility index (Phi) is 6.09. The summed E-state index contributed by atoms with van der Waals surface area (Å²) in [6.07, 6.45) is 2.17. The molecule has 0 radical (unpaired) electrons. The maximum absolute atomic E-state index is 12.9. The van der Waals surface area contributed by atoms with Crippen molar-refractivity contribution in [2.24, 2.45) is 10.7 Å². The number of halogens is 3. The molecule has 0 aromatic carbocycles. The average Bonchev–Trinajstić information content (AvgIpc) is 3.13.